The molecular formula is C12H12N4O. The second-order valence-corrected chi connectivity index (χ2v) is 3.82. The lowest BCUT2D eigenvalue weighted by Crippen LogP contribution is -2.00. The van der Waals surface area contributed by atoms with E-state index in [1.807, 2.05) is 25.1 Å². The Hall–Kier alpha value is -2.30. The molecule has 5 heteroatoms. The van der Waals surface area contributed by atoms with Crippen molar-refractivity contribution >= 4 is 16.7 Å². The lowest BCUT2D eigenvalue weighted by Gasteiger charge is -2.04. The molecule has 0 bridgehead atoms. The van der Waals surface area contributed by atoms with Crippen LogP contribution >= 0.6 is 0 Å². The molecule has 0 radical (unpaired) electrons. The van der Waals surface area contributed by atoms with Crippen LogP contribution in [0.5, 0.6) is 0 Å². The van der Waals surface area contributed by atoms with Crippen LogP contribution in [-0.2, 0) is 6.54 Å². The molecule has 0 aromatic carbocycles. The summed E-state index contributed by atoms with van der Waals surface area (Å²) in [5, 5.41) is 11.4. The molecule has 0 saturated heterocycles. The Morgan fingerprint density at radius 2 is 2.35 bits per heavy atom. The first-order valence-electron chi connectivity index (χ1n) is 5.40. The third-order valence-corrected chi connectivity index (χ3v) is 2.67. The van der Waals surface area contributed by atoms with Crippen LogP contribution in [0, 0.1) is 6.92 Å². The Labute approximate surface area is 97.9 Å². The van der Waals surface area contributed by atoms with Gasteiger partial charge in [0.25, 0.3) is 0 Å². The Balaban J connectivity index is 1.92. The molecule has 3 heterocycles. The molecule has 5 nitrogen and oxygen atoms in total. The number of nitrogens with one attached hydrogen (secondary N) is 2. The summed E-state index contributed by atoms with van der Waals surface area (Å²) in [6, 6.07) is 5.71. The third-order valence-electron chi connectivity index (χ3n) is 2.67. The maximum atomic E-state index is 5.27. The average molecular weight is 228 g/mol. The SMILES string of the molecule is Cc1n[nH]c2ccnc(NCc3ccco3)c12. The summed E-state index contributed by atoms with van der Waals surface area (Å²) in [6.45, 7) is 2.57. The first kappa shape index (κ1) is 9.89. The first-order chi connectivity index (χ1) is 8.34. The molecule has 0 unspecified atom stereocenters. The van der Waals surface area contributed by atoms with Gasteiger partial charge in [-0.25, -0.2) is 4.98 Å². The van der Waals surface area contributed by atoms with E-state index in [-0.39, 0.29) is 0 Å². The second kappa shape index (κ2) is 3.93. The van der Waals surface area contributed by atoms with Gasteiger partial charge in [0, 0.05) is 6.20 Å². The highest BCUT2D eigenvalue weighted by Crippen LogP contribution is 2.22. The number of aromatic nitrogens is 3. The number of fused-ring (bicyclic) bond motifs is 1. The van der Waals surface area contributed by atoms with Crippen molar-refractivity contribution in [3.8, 4) is 0 Å². The fourth-order valence-corrected chi connectivity index (χ4v) is 1.84. The van der Waals surface area contributed by atoms with Gasteiger partial charge in [-0.05, 0) is 25.1 Å². The molecule has 17 heavy (non-hydrogen) atoms. The van der Waals surface area contributed by atoms with Crippen molar-refractivity contribution in [1.82, 2.24) is 15.2 Å². The highest BCUT2D eigenvalue weighted by Gasteiger charge is 2.08. The maximum Gasteiger partial charge on any atom is 0.137 e. The molecule has 0 spiro atoms. The van der Waals surface area contributed by atoms with Gasteiger partial charge in [0.1, 0.15) is 11.6 Å². The predicted octanol–water partition coefficient (Wildman–Crippen LogP) is 2.47. The van der Waals surface area contributed by atoms with E-state index >= 15 is 0 Å². The second-order valence-electron chi connectivity index (χ2n) is 3.82. The van der Waals surface area contributed by atoms with Gasteiger partial charge in [0.2, 0.25) is 0 Å². The normalized spacial score (nSPS) is 10.9. The van der Waals surface area contributed by atoms with Crippen LogP contribution in [0.15, 0.2) is 35.1 Å². The van der Waals surface area contributed by atoms with Crippen molar-refractivity contribution in [3.63, 3.8) is 0 Å². The summed E-state index contributed by atoms with van der Waals surface area (Å²) in [4.78, 5) is 4.33. The molecule has 0 amide bonds. The molecule has 86 valence electrons. The summed E-state index contributed by atoms with van der Waals surface area (Å²) in [5.41, 5.74) is 1.93. The molecule has 0 aliphatic carbocycles. The zero-order valence-electron chi connectivity index (χ0n) is 9.40. The van der Waals surface area contributed by atoms with Crippen LogP contribution in [0.2, 0.25) is 0 Å². The van der Waals surface area contributed by atoms with E-state index in [1.165, 1.54) is 0 Å². The molecular weight excluding hydrogens is 216 g/mol. The lowest BCUT2D eigenvalue weighted by atomic mass is 10.2. The van der Waals surface area contributed by atoms with Crippen LogP contribution in [-0.4, -0.2) is 15.2 Å². The van der Waals surface area contributed by atoms with E-state index < -0.39 is 0 Å². The van der Waals surface area contributed by atoms with E-state index in [2.05, 4.69) is 20.5 Å². The van der Waals surface area contributed by atoms with Gasteiger partial charge in [-0.3, -0.25) is 5.10 Å². The summed E-state index contributed by atoms with van der Waals surface area (Å²) >= 11 is 0. The summed E-state index contributed by atoms with van der Waals surface area (Å²) in [7, 11) is 0. The number of hydrogen-bond acceptors (Lipinski definition) is 4. The van der Waals surface area contributed by atoms with Crippen molar-refractivity contribution in [2.24, 2.45) is 0 Å². The van der Waals surface area contributed by atoms with Crippen LogP contribution in [0.3, 0.4) is 0 Å². The number of aromatic amines is 1. The van der Waals surface area contributed by atoms with Gasteiger partial charge in [-0.2, -0.15) is 5.10 Å². The third kappa shape index (κ3) is 1.75. The maximum absolute atomic E-state index is 5.27. The standard InChI is InChI=1S/C12H12N4O/c1-8-11-10(16-15-8)4-5-13-12(11)14-7-9-3-2-6-17-9/h2-6H,7H2,1H3,(H,13,14)(H,15,16). The summed E-state index contributed by atoms with van der Waals surface area (Å²) in [5.74, 6) is 1.70. The van der Waals surface area contributed by atoms with Crippen LogP contribution < -0.4 is 5.32 Å². The van der Waals surface area contributed by atoms with Gasteiger partial charge >= 0.3 is 0 Å². The van der Waals surface area contributed by atoms with E-state index in [0.717, 1.165) is 28.2 Å². The number of aryl methyl sites for hydroxylation is 1. The van der Waals surface area contributed by atoms with Gasteiger partial charge < -0.3 is 9.73 Å². The molecule has 0 fully saturated rings. The Bertz CT molecular complexity index is 627. The Kier molecular flexibility index (Phi) is 2.29. The zero-order valence-corrected chi connectivity index (χ0v) is 9.40. The van der Waals surface area contributed by atoms with E-state index in [9.17, 15) is 0 Å². The minimum atomic E-state index is 0.615. The van der Waals surface area contributed by atoms with E-state index in [1.54, 1.807) is 12.5 Å². The molecule has 0 aliphatic heterocycles. The monoisotopic (exact) mass is 228 g/mol. The first-order valence-corrected chi connectivity index (χ1v) is 5.40. The number of furan rings is 1. The molecule has 0 saturated carbocycles. The minimum Gasteiger partial charge on any atom is -0.467 e. The predicted molar refractivity (Wildman–Crippen MR) is 64.7 cm³/mol. The number of hydrogen-bond donors (Lipinski definition) is 2. The fraction of sp³-hybridized carbons (Fsp3) is 0.167. The molecule has 0 atom stereocenters. The van der Waals surface area contributed by atoms with Crippen molar-refractivity contribution in [1.29, 1.82) is 0 Å². The molecule has 0 aliphatic rings. The topological polar surface area (TPSA) is 66.7 Å². The molecule has 3 rings (SSSR count). The highest BCUT2D eigenvalue weighted by atomic mass is 16.3. The number of nitrogens with zero attached hydrogens (tertiary/aromatic N) is 2. The zero-order chi connectivity index (χ0) is 11.7. The van der Waals surface area contributed by atoms with Crippen molar-refractivity contribution < 1.29 is 4.42 Å². The van der Waals surface area contributed by atoms with Crippen molar-refractivity contribution in [3.05, 3.63) is 42.1 Å². The van der Waals surface area contributed by atoms with Crippen molar-refractivity contribution in [2.45, 2.75) is 13.5 Å². The largest absolute Gasteiger partial charge is 0.467 e. The summed E-state index contributed by atoms with van der Waals surface area (Å²) in [6.07, 6.45) is 3.42. The molecule has 3 aromatic rings. The van der Waals surface area contributed by atoms with Crippen LogP contribution in [0.4, 0.5) is 5.82 Å². The van der Waals surface area contributed by atoms with Gasteiger partial charge in [-0.15, -0.1) is 0 Å². The van der Waals surface area contributed by atoms with Gasteiger partial charge in [-0.1, -0.05) is 0 Å². The van der Waals surface area contributed by atoms with Crippen LogP contribution in [0.25, 0.3) is 10.9 Å². The van der Waals surface area contributed by atoms with Gasteiger partial charge in [0.05, 0.1) is 29.4 Å². The molecule has 3 aromatic heterocycles. The minimum absolute atomic E-state index is 0.615. The highest BCUT2D eigenvalue weighted by molar-refractivity contribution is 5.91. The van der Waals surface area contributed by atoms with E-state index in [4.69, 9.17) is 4.42 Å². The quantitative estimate of drug-likeness (QED) is 0.722. The Morgan fingerprint density at radius 3 is 3.18 bits per heavy atom. The smallest absolute Gasteiger partial charge is 0.137 e. The van der Waals surface area contributed by atoms with Crippen molar-refractivity contribution in [2.75, 3.05) is 5.32 Å². The molecule has 2 N–H and O–H groups in total. The van der Waals surface area contributed by atoms with E-state index in [0.29, 0.717) is 6.54 Å². The summed E-state index contributed by atoms with van der Waals surface area (Å²) < 4.78 is 5.27. The lowest BCUT2D eigenvalue weighted by molar-refractivity contribution is 0.518. The number of pyridine rings is 1. The average Bonchev–Trinajstić information content (AvgIpc) is 2.97. The fourth-order valence-electron chi connectivity index (χ4n) is 1.84. The van der Waals surface area contributed by atoms with Gasteiger partial charge in [0.15, 0.2) is 0 Å². The number of rotatable bonds is 3. The number of anilines is 1. The Morgan fingerprint density at radius 1 is 1.41 bits per heavy atom. The van der Waals surface area contributed by atoms with Crippen LogP contribution in [0.1, 0.15) is 11.5 Å². The number of H-pyrrole nitrogens is 1.